The minimum atomic E-state index is 0.610. The highest BCUT2D eigenvalue weighted by Gasteiger charge is 2.15. The van der Waals surface area contributed by atoms with Gasteiger partial charge >= 0.3 is 0 Å². The van der Waals surface area contributed by atoms with Crippen LogP contribution in [0.5, 0.6) is 5.75 Å². The number of aryl methyl sites for hydroxylation is 2. The number of hydrogen-bond donors (Lipinski definition) is 1. The van der Waals surface area contributed by atoms with Crippen LogP contribution in [-0.2, 0) is 6.54 Å². The highest BCUT2D eigenvalue weighted by atomic mass is 32.2. The summed E-state index contributed by atoms with van der Waals surface area (Å²) < 4.78 is 8.91. The van der Waals surface area contributed by atoms with Crippen LogP contribution >= 0.6 is 11.8 Å². The molecule has 0 spiro atoms. The van der Waals surface area contributed by atoms with Gasteiger partial charge in [0.05, 0.1) is 18.9 Å². The van der Waals surface area contributed by atoms with Crippen LogP contribution in [0.1, 0.15) is 24.8 Å². The summed E-state index contributed by atoms with van der Waals surface area (Å²) >= 11 is 1.63. The molecule has 7 nitrogen and oxygen atoms in total. The van der Waals surface area contributed by atoms with Crippen LogP contribution in [-0.4, -0.2) is 37.5 Å². The summed E-state index contributed by atoms with van der Waals surface area (Å²) in [6, 6.07) is 7.66. The zero-order valence-corrected chi connectivity index (χ0v) is 15.9. The minimum Gasteiger partial charge on any atom is -0.496 e. The quantitative estimate of drug-likeness (QED) is 0.353. The predicted molar refractivity (Wildman–Crippen MR) is 104 cm³/mol. The van der Waals surface area contributed by atoms with Crippen molar-refractivity contribution in [2.24, 2.45) is 0 Å². The number of para-hydroxylation sites is 1. The fourth-order valence-electron chi connectivity index (χ4n) is 2.69. The first-order valence-electron chi connectivity index (χ1n) is 8.65. The van der Waals surface area contributed by atoms with Crippen molar-refractivity contribution in [3.8, 4) is 17.1 Å². The number of ether oxygens (including phenoxy) is 1. The first-order chi connectivity index (χ1) is 12.7. The van der Waals surface area contributed by atoms with Crippen LogP contribution in [0.2, 0.25) is 0 Å². The number of unbranched alkanes of at least 4 members (excludes halogenated alkanes) is 2. The molecule has 0 aliphatic carbocycles. The van der Waals surface area contributed by atoms with Crippen molar-refractivity contribution in [2.75, 3.05) is 18.7 Å². The summed E-state index contributed by atoms with van der Waals surface area (Å²) in [7, 11) is 1.64. The Morgan fingerprint density at radius 1 is 1.15 bits per heavy atom. The monoisotopic (exact) mass is 372 g/mol. The summed E-state index contributed by atoms with van der Waals surface area (Å²) in [5.74, 6) is 8.48. The molecule has 3 aromatic rings. The number of aromatic nitrogens is 5. The third-order valence-corrected chi connectivity index (χ3v) is 5.07. The number of thioether (sulfide) groups is 1. The third-order valence-electron chi connectivity index (χ3n) is 4.04. The van der Waals surface area contributed by atoms with E-state index in [-0.39, 0.29) is 0 Å². The Morgan fingerprint density at radius 2 is 2.00 bits per heavy atom. The molecule has 26 heavy (non-hydrogen) atoms. The van der Waals surface area contributed by atoms with E-state index in [2.05, 4.69) is 28.4 Å². The summed E-state index contributed by atoms with van der Waals surface area (Å²) in [5.41, 5.74) is 2.04. The number of hydrogen-bond acceptors (Lipinski definition) is 6. The van der Waals surface area contributed by atoms with Crippen LogP contribution in [0.3, 0.4) is 0 Å². The van der Waals surface area contributed by atoms with Gasteiger partial charge in [-0.1, -0.05) is 30.3 Å². The Bertz CT molecular complexity index is 844. The molecule has 1 aromatic carbocycles. The topological polar surface area (TPSA) is 83.8 Å². The molecule has 0 bridgehead atoms. The van der Waals surface area contributed by atoms with Gasteiger partial charge in [-0.3, -0.25) is 4.68 Å². The van der Waals surface area contributed by atoms with Gasteiger partial charge in [0.25, 0.3) is 0 Å². The number of nitrogen functional groups attached to an aromatic ring is 1. The highest BCUT2D eigenvalue weighted by Crippen LogP contribution is 2.29. The lowest BCUT2D eigenvalue weighted by Crippen LogP contribution is -2.12. The standard InChI is InChI=1S/C18H24N6OS/c1-14-12-20-23(13-14)10-6-3-7-11-26-18-22-21-17(24(18)19)15-8-4-5-9-16(15)25-2/h4-5,8-9,12-13H,3,6-7,10-11,19H2,1-2H3. The maximum absolute atomic E-state index is 6.18. The molecule has 2 heterocycles. The second kappa shape index (κ2) is 8.75. The Balaban J connectivity index is 1.48. The van der Waals surface area contributed by atoms with Gasteiger partial charge < -0.3 is 10.6 Å². The minimum absolute atomic E-state index is 0.610. The van der Waals surface area contributed by atoms with E-state index in [4.69, 9.17) is 10.6 Å². The van der Waals surface area contributed by atoms with E-state index in [0.717, 1.165) is 42.9 Å². The smallest absolute Gasteiger partial charge is 0.210 e. The fourth-order valence-corrected chi connectivity index (χ4v) is 3.55. The normalized spacial score (nSPS) is 11.0. The van der Waals surface area contributed by atoms with Crippen molar-refractivity contribution in [3.05, 3.63) is 42.2 Å². The van der Waals surface area contributed by atoms with Crippen LogP contribution in [0.25, 0.3) is 11.4 Å². The first kappa shape index (κ1) is 18.3. The summed E-state index contributed by atoms with van der Waals surface area (Å²) in [4.78, 5) is 0. The zero-order valence-electron chi connectivity index (χ0n) is 15.1. The molecule has 0 fully saturated rings. The molecular formula is C18H24N6OS. The Labute approximate surface area is 157 Å². The molecule has 2 aromatic heterocycles. The van der Waals surface area contributed by atoms with E-state index in [1.165, 1.54) is 10.2 Å². The maximum Gasteiger partial charge on any atom is 0.210 e. The SMILES string of the molecule is COc1ccccc1-c1nnc(SCCCCCn2cc(C)cn2)n1N. The van der Waals surface area contributed by atoms with Crippen LogP contribution < -0.4 is 10.6 Å². The number of methoxy groups -OCH3 is 1. The maximum atomic E-state index is 6.18. The Morgan fingerprint density at radius 3 is 2.77 bits per heavy atom. The predicted octanol–water partition coefficient (Wildman–Crippen LogP) is 3.14. The number of rotatable bonds is 9. The number of nitrogens with two attached hydrogens (primary N) is 1. The largest absolute Gasteiger partial charge is 0.496 e. The van der Waals surface area contributed by atoms with Crippen LogP contribution in [0, 0.1) is 6.92 Å². The van der Waals surface area contributed by atoms with Gasteiger partial charge in [-0.05, 0) is 37.5 Å². The second-order valence-corrected chi connectivity index (χ2v) is 7.13. The van der Waals surface area contributed by atoms with Gasteiger partial charge in [0.1, 0.15) is 5.75 Å². The molecule has 3 rings (SSSR count). The lowest BCUT2D eigenvalue weighted by atomic mass is 10.2. The average Bonchev–Trinajstić information content (AvgIpc) is 3.23. The fraction of sp³-hybridized carbons (Fsp3) is 0.389. The van der Waals surface area contributed by atoms with Gasteiger partial charge in [0.15, 0.2) is 5.82 Å². The molecule has 8 heteroatoms. The Hall–Kier alpha value is -2.48. The first-order valence-corrected chi connectivity index (χ1v) is 9.63. The van der Waals surface area contributed by atoms with E-state index in [0.29, 0.717) is 11.0 Å². The Kier molecular flexibility index (Phi) is 6.17. The van der Waals surface area contributed by atoms with Gasteiger partial charge in [0.2, 0.25) is 5.16 Å². The molecule has 0 amide bonds. The van der Waals surface area contributed by atoms with E-state index in [1.807, 2.05) is 35.1 Å². The highest BCUT2D eigenvalue weighted by molar-refractivity contribution is 7.99. The molecule has 0 radical (unpaired) electrons. The molecule has 138 valence electrons. The molecule has 0 aliphatic heterocycles. The van der Waals surface area contributed by atoms with E-state index in [9.17, 15) is 0 Å². The summed E-state index contributed by atoms with van der Waals surface area (Å²) in [6.45, 7) is 3.02. The van der Waals surface area contributed by atoms with Crippen molar-refractivity contribution in [1.29, 1.82) is 0 Å². The van der Waals surface area contributed by atoms with Crippen molar-refractivity contribution in [1.82, 2.24) is 24.7 Å². The molecule has 0 aliphatic rings. The molecule has 0 saturated heterocycles. The van der Waals surface area contributed by atoms with Gasteiger partial charge in [-0.15, -0.1) is 10.2 Å². The number of benzene rings is 1. The third kappa shape index (κ3) is 4.37. The zero-order chi connectivity index (χ0) is 18.4. The van der Waals surface area contributed by atoms with Gasteiger partial charge in [-0.25, -0.2) is 4.68 Å². The van der Waals surface area contributed by atoms with E-state index in [1.54, 1.807) is 18.9 Å². The molecule has 0 saturated carbocycles. The van der Waals surface area contributed by atoms with E-state index < -0.39 is 0 Å². The van der Waals surface area contributed by atoms with Crippen molar-refractivity contribution >= 4 is 11.8 Å². The van der Waals surface area contributed by atoms with Gasteiger partial charge in [0, 0.05) is 18.5 Å². The van der Waals surface area contributed by atoms with Crippen molar-refractivity contribution in [2.45, 2.75) is 37.9 Å². The molecule has 0 unspecified atom stereocenters. The van der Waals surface area contributed by atoms with Crippen LogP contribution in [0.4, 0.5) is 0 Å². The molecular weight excluding hydrogens is 348 g/mol. The van der Waals surface area contributed by atoms with Gasteiger partial charge in [-0.2, -0.15) is 5.10 Å². The lowest BCUT2D eigenvalue weighted by Gasteiger charge is -2.07. The average molecular weight is 372 g/mol. The summed E-state index contributed by atoms with van der Waals surface area (Å²) in [6.07, 6.45) is 7.32. The summed E-state index contributed by atoms with van der Waals surface area (Å²) in [5, 5.41) is 13.5. The molecule has 2 N–H and O–H groups in total. The van der Waals surface area contributed by atoms with Crippen molar-refractivity contribution in [3.63, 3.8) is 0 Å². The van der Waals surface area contributed by atoms with Crippen molar-refractivity contribution < 1.29 is 4.74 Å². The van der Waals surface area contributed by atoms with E-state index >= 15 is 0 Å². The molecule has 0 atom stereocenters. The lowest BCUT2D eigenvalue weighted by molar-refractivity contribution is 0.416. The second-order valence-electron chi connectivity index (χ2n) is 6.07. The van der Waals surface area contributed by atoms with Crippen LogP contribution in [0.15, 0.2) is 41.8 Å². The number of nitrogens with zero attached hydrogens (tertiary/aromatic N) is 5.